The van der Waals surface area contributed by atoms with Crippen molar-refractivity contribution in [2.75, 3.05) is 0 Å². The van der Waals surface area contributed by atoms with Crippen LogP contribution in [0.5, 0.6) is 0 Å². The molecule has 0 fully saturated rings. The minimum Gasteiger partial charge on any atom is -0.245 e. The zero-order valence-corrected chi connectivity index (χ0v) is 7.99. The van der Waals surface area contributed by atoms with Gasteiger partial charge in [0.15, 0.2) is 0 Å². The van der Waals surface area contributed by atoms with Crippen molar-refractivity contribution in [3.8, 4) is 0 Å². The van der Waals surface area contributed by atoms with Gasteiger partial charge in [-0.1, -0.05) is 19.9 Å². The van der Waals surface area contributed by atoms with Crippen molar-refractivity contribution < 1.29 is 0 Å². The monoisotopic (exact) mass is 164 g/mol. The molecule has 1 aromatic rings. The fourth-order valence-electron chi connectivity index (χ4n) is 1.20. The fourth-order valence-corrected chi connectivity index (χ4v) is 1.20. The third-order valence-corrected chi connectivity index (χ3v) is 1.66. The van der Waals surface area contributed by atoms with Gasteiger partial charge in [-0.15, -0.1) is 0 Å². The van der Waals surface area contributed by atoms with Crippen LogP contribution in [0.3, 0.4) is 0 Å². The zero-order chi connectivity index (χ0) is 8.97. The van der Waals surface area contributed by atoms with Crippen LogP contribution in [0, 0.1) is 5.92 Å². The molecule has 1 rings (SSSR count). The molecule has 0 bridgehead atoms. The Morgan fingerprint density at radius 1 is 1.58 bits per heavy atom. The first-order valence-electron chi connectivity index (χ1n) is 4.39. The molecule has 0 amide bonds. The van der Waals surface area contributed by atoms with Gasteiger partial charge in [-0.25, -0.2) is 4.68 Å². The number of hydrogen-bond acceptors (Lipinski definition) is 1. The van der Waals surface area contributed by atoms with Crippen molar-refractivity contribution in [1.82, 2.24) is 9.78 Å². The average Bonchev–Trinajstić information content (AvgIpc) is 2.37. The number of nitrogens with zero attached hydrogens (tertiary/aromatic N) is 2. The van der Waals surface area contributed by atoms with E-state index in [0.717, 1.165) is 6.42 Å². The molecular formula is C10H16N2. The first-order valence-corrected chi connectivity index (χ1v) is 4.39. The maximum absolute atomic E-state index is 4.19. The van der Waals surface area contributed by atoms with Crippen LogP contribution < -0.4 is 0 Å². The molecule has 12 heavy (non-hydrogen) atoms. The molecule has 0 aromatic carbocycles. The summed E-state index contributed by atoms with van der Waals surface area (Å²) in [6.45, 7) is 6.43. The molecule has 0 saturated heterocycles. The standard InChI is InChI=1S/C10H16N2/c1-4-7-12-10(5-6-11-12)8-9(2)3/h4-7,9H,8H2,1-3H3/b7-4-. The van der Waals surface area contributed by atoms with E-state index in [-0.39, 0.29) is 0 Å². The zero-order valence-electron chi connectivity index (χ0n) is 7.99. The second-order valence-corrected chi connectivity index (χ2v) is 3.35. The lowest BCUT2D eigenvalue weighted by Crippen LogP contribution is -2.01. The van der Waals surface area contributed by atoms with E-state index in [9.17, 15) is 0 Å². The lowest BCUT2D eigenvalue weighted by atomic mass is 10.1. The Bertz CT molecular complexity index is 259. The van der Waals surface area contributed by atoms with Crippen LogP contribution in [0.4, 0.5) is 0 Å². The lowest BCUT2D eigenvalue weighted by molar-refractivity contribution is 0.621. The Balaban J connectivity index is 2.77. The highest BCUT2D eigenvalue weighted by molar-refractivity contribution is 5.23. The van der Waals surface area contributed by atoms with E-state index in [1.165, 1.54) is 5.69 Å². The Morgan fingerprint density at radius 2 is 2.33 bits per heavy atom. The molecule has 2 heteroatoms. The third-order valence-electron chi connectivity index (χ3n) is 1.66. The predicted molar refractivity (Wildman–Crippen MR) is 51.8 cm³/mol. The summed E-state index contributed by atoms with van der Waals surface area (Å²) in [6, 6.07) is 2.07. The van der Waals surface area contributed by atoms with Gasteiger partial charge in [-0.05, 0) is 25.3 Å². The van der Waals surface area contributed by atoms with E-state index in [2.05, 4.69) is 25.0 Å². The largest absolute Gasteiger partial charge is 0.245 e. The number of allylic oxidation sites excluding steroid dienone is 1. The van der Waals surface area contributed by atoms with Gasteiger partial charge in [0, 0.05) is 18.1 Å². The van der Waals surface area contributed by atoms with Gasteiger partial charge in [-0.2, -0.15) is 5.10 Å². The Kier molecular flexibility index (Phi) is 3.09. The molecule has 2 nitrogen and oxygen atoms in total. The quantitative estimate of drug-likeness (QED) is 0.671. The van der Waals surface area contributed by atoms with Crippen LogP contribution >= 0.6 is 0 Å². The van der Waals surface area contributed by atoms with Crippen molar-refractivity contribution >= 4 is 6.20 Å². The second-order valence-electron chi connectivity index (χ2n) is 3.35. The molecule has 0 saturated carbocycles. The molecule has 0 aliphatic carbocycles. The summed E-state index contributed by atoms with van der Waals surface area (Å²) < 4.78 is 1.93. The average molecular weight is 164 g/mol. The van der Waals surface area contributed by atoms with E-state index >= 15 is 0 Å². The number of rotatable bonds is 3. The van der Waals surface area contributed by atoms with Gasteiger partial charge < -0.3 is 0 Å². The molecule has 1 heterocycles. The molecule has 66 valence electrons. The molecule has 0 aliphatic rings. The molecule has 0 unspecified atom stereocenters. The minimum atomic E-state index is 0.686. The SMILES string of the molecule is C/C=C\n1nccc1CC(C)C. The lowest BCUT2D eigenvalue weighted by Gasteiger charge is -2.04. The van der Waals surface area contributed by atoms with Gasteiger partial charge in [0.25, 0.3) is 0 Å². The van der Waals surface area contributed by atoms with E-state index in [4.69, 9.17) is 0 Å². The van der Waals surface area contributed by atoms with Crippen LogP contribution in [-0.2, 0) is 6.42 Å². The second kappa shape index (κ2) is 4.10. The highest BCUT2D eigenvalue weighted by atomic mass is 15.3. The summed E-state index contributed by atoms with van der Waals surface area (Å²) in [4.78, 5) is 0. The first-order chi connectivity index (χ1) is 5.74. The van der Waals surface area contributed by atoms with E-state index in [1.807, 2.05) is 30.1 Å². The molecule has 0 aliphatic heterocycles. The van der Waals surface area contributed by atoms with Crippen LogP contribution in [-0.4, -0.2) is 9.78 Å². The maximum Gasteiger partial charge on any atom is 0.0496 e. The van der Waals surface area contributed by atoms with Crippen molar-refractivity contribution in [2.24, 2.45) is 5.92 Å². The van der Waals surface area contributed by atoms with Crippen molar-refractivity contribution in [2.45, 2.75) is 27.2 Å². The van der Waals surface area contributed by atoms with Crippen LogP contribution in [0.1, 0.15) is 26.5 Å². The highest BCUT2D eigenvalue weighted by Crippen LogP contribution is 2.07. The Morgan fingerprint density at radius 3 is 2.92 bits per heavy atom. The minimum absolute atomic E-state index is 0.686. The van der Waals surface area contributed by atoms with Crippen molar-refractivity contribution in [3.63, 3.8) is 0 Å². The maximum atomic E-state index is 4.19. The van der Waals surface area contributed by atoms with Crippen LogP contribution in [0.15, 0.2) is 18.3 Å². The summed E-state index contributed by atoms with van der Waals surface area (Å²) >= 11 is 0. The third kappa shape index (κ3) is 2.22. The van der Waals surface area contributed by atoms with E-state index < -0.39 is 0 Å². The molecule has 0 N–H and O–H groups in total. The normalized spacial score (nSPS) is 11.7. The molecule has 0 spiro atoms. The Hall–Kier alpha value is -1.05. The van der Waals surface area contributed by atoms with E-state index in [0.29, 0.717) is 5.92 Å². The molecule has 1 aromatic heterocycles. The first kappa shape index (κ1) is 9.04. The molecule has 0 atom stereocenters. The summed E-state index contributed by atoms with van der Waals surface area (Å²) in [7, 11) is 0. The smallest absolute Gasteiger partial charge is 0.0496 e. The summed E-state index contributed by atoms with van der Waals surface area (Å²) in [5.74, 6) is 0.686. The predicted octanol–water partition coefficient (Wildman–Crippen LogP) is 2.57. The summed E-state index contributed by atoms with van der Waals surface area (Å²) in [5.41, 5.74) is 1.28. The topological polar surface area (TPSA) is 17.8 Å². The van der Waals surface area contributed by atoms with Crippen molar-refractivity contribution in [3.05, 3.63) is 24.0 Å². The van der Waals surface area contributed by atoms with Crippen molar-refractivity contribution in [1.29, 1.82) is 0 Å². The highest BCUT2D eigenvalue weighted by Gasteiger charge is 2.01. The number of aromatic nitrogens is 2. The Labute approximate surface area is 73.9 Å². The van der Waals surface area contributed by atoms with Gasteiger partial charge in [0.1, 0.15) is 0 Å². The van der Waals surface area contributed by atoms with Gasteiger partial charge >= 0.3 is 0 Å². The summed E-state index contributed by atoms with van der Waals surface area (Å²) in [5, 5.41) is 4.19. The van der Waals surface area contributed by atoms with Crippen LogP contribution in [0.2, 0.25) is 0 Å². The van der Waals surface area contributed by atoms with Gasteiger partial charge in [-0.3, -0.25) is 0 Å². The summed E-state index contributed by atoms with van der Waals surface area (Å²) in [6.07, 6.45) is 6.91. The van der Waals surface area contributed by atoms with Gasteiger partial charge in [0.2, 0.25) is 0 Å². The van der Waals surface area contributed by atoms with Gasteiger partial charge in [0.05, 0.1) is 0 Å². The van der Waals surface area contributed by atoms with Crippen LogP contribution in [0.25, 0.3) is 6.20 Å². The van der Waals surface area contributed by atoms with E-state index in [1.54, 1.807) is 0 Å². The number of hydrogen-bond donors (Lipinski definition) is 0. The molecule has 0 radical (unpaired) electrons. The molecular weight excluding hydrogens is 148 g/mol. The fraction of sp³-hybridized carbons (Fsp3) is 0.500.